The lowest BCUT2D eigenvalue weighted by Gasteiger charge is -2.05. The topological polar surface area (TPSA) is 0 Å². The van der Waals surface area contributed by atoms with Gasteiger partial charge in [-0.3, -0.25) is 0 Å². The number of hydrogen-bond acceptors (Lipinski definition) is 0. The van der Waals surface area contributed by atoms with Crippen molar-refractivity contribution in [3.05, 3.63) is 157 Å². The van der Waals surface area contributed by atoms with Crippen LogP contribution in [0.5, 0.6) is 0 Å². The third-order valence-corrected chi connectivity index (χ3v) is 5.46. The van der Waals surface area contributed by atoms with Gasteiger partial charge in [0.15, 0.2) is 0 Å². The summed E-state index contributed by atoms with van der Waals surface area (Å²) in [6.07, 6.45) is 2.26. The molecule has 0 atom stereocenters. The molecule has 0 bridgehead atoms. The summed E-state index contributed by atoms with van der Waals surface area (Å²) < 4.78 is 0. The van der Waals surface area contributed by atoms with Crippen LogP contribution in [0.15, 0.2) is 146 Å². The number of aryl methyl sites for hydroxylation is 2. The van der Waals surface area contributed by atoms with Crippen molar-refractivity contribution in [3.8, 4) is 22.3 Å². The Morgan fingerprint density at radius 1 is 0.281 bits per heavy atom. The average Bonchev–Trinajstić information content (AvgIpc) is 2.90. The molecule has 0 saturated heterocycles. The Bertz CT molecular complexity index is 1080. The second kappa shape index (κ2) is 11.5. The third-order valence-electron chi connectivity index (χ3n) is 5.46. The van der Waals surface area contributed by atoms with Crippen LogP contribution in [-0.2, 0) is 12.8 Å². The minimum absolute atomic E-state index is 1.13. The first-order valence-electron chi connectivity index (χ1n) is 11.2. The molecular formula is C32H28. The van der Waals surface area contributed by atoms with Crippen LogP contribution in [0.1, 0.15) is 11.1 Å². The van der Waals surface area contributed by atoms with Crippen molar-refractivity contribution >= 4 is 0 Å². The first-order chi connectivity index (χ1) is 15.9. The first kappa shape index (κ1) is 21.3. The number of rotatable bonds is 5. The molecule has 5 rings (SSSR count). The van der Waals surface area contributed by atoms with E-state index in [9.17, 15) is 0 Å². The maximum atomic E-state index is 2.24. The van der Waals surface area contributed by atoms with E-state index in [0.29, 0.717) is 0 Å². The van der Waals surface area contributed by atoms with E-state index in [0.717, 1.165) is 12.8 Å². The van der Waals surface area contributed by atoms with Gasteiger partial charge >= 0.3 is 0 Å². The molecule has 0 aromatic heterocycles. The van der Waals surface area contributed by atoms with Crippen molar-refractivity contribution in [2.75, 3.05) is 0 Å². The van der Waals surface area contributed by atoms with Gasteiger partial charge in [0.25, 0.3) is 0 Å². The fraction of sp³-hybridized carbons (Fsp3) is 0.0625. The van der Waals surface area contributed by atoms with Crippen LogP contribution in [-0.4, -0.2) is 0 Å². The Hall–Kier alpha value is -3.90. The van der Waals surface area contributed by atoms with Crippen molar-refractivity contribution in [2.45, 2.75) is 12.8 Å². The van der Waals surface area contributed by atoms with E-state index in [1.807, 2.05) is 12.1 Å². The Kier molecular flexibility index (Phi) is 7.65. The lowest BCUT2D eigenvalue weighted by molar-refractivity contribution is 0.960. The SMILES string of the molecule is c1ccc(-c2cccc(-c3ccccc3)c2)cc1.c1ccc(CCc2ccccc2)cc1. The van der Waals surface area contributed by atoms with E-state index in [1.165, 1.54) is 33.4 Å². The largest absolute Gasteiger partial charge is 0.0622 e. The highest BCUT2D eigenvalue weighted by Crippen LogP contribution is 2.25. The molecular weight excluding hydrogens is 384 g/mol. The van der Waals surface area contributed by atoms with Gasteiger partial charge in [-0.05, 0) is 52.3 Å². The second-order valence-electron chi connectivity index (χ2n) is 7.78. The molecule has 32 heavy (non-hydrogen) atoms. The summed E-state index contributed by atoms with van der Waals surface area (Å²) in [6.45, 7) is 0. The molecule has 156 valence electrons. The fourth-order valence-corrected chi connectivity index (χ4v) is 3.72. The van der Waals surface area contributed by atoms with Gasteiger partial charge in [0, 0.05) is 0 Å². The van der Waals surface area contributed by atoms with E-state index in [1.54, 1.807) is 0 Å². The molecule has 0 aliphatic rings. The van der Waals surface area contributed by atoms with Gasteiger partial charge in [-0.2, -0.15) is 0 Å². The van der Waals surface area contributed by atoms with Gasteiger partial charge in [0.2, 0.25) is 0 Å². The Labute approximate surface area is 191 Å². The van der Waals surface area contributed by atoms with Crippen LogP contribution < -0.4 is 0 Å². The van der Waals surface area contributed by atoms with Crippen LogP contribution >= 0.6 is 0 Å². The zero-order valence-corrected chi connectivity index (χ0v) is 18.3. The van der Waals surface area contributed by atoms with Crippen molar-refractivity contribution in [2.24, 2.45) is 0 Å². The van der Waals surface area contributed by atoms with E-state index in [2.05, 4.69) is 133 Å². The fourth-order valence-electron chi connectivity index (χ4n) is 3.72. The molecule has 0 nitrogen and oxygen atoms in total. The van der Waals surface area contributed by atoms with E-state index in [-0.39, 0.29) is 0 Å². The lowest BCUT2D eigenvalue weighted by atomic mass is 9.99. The summed E-state index contributed by atoms with van der Waals surface area (Å²) in [5.74, 6) is 0. The van der Waals surface area contributed by atoms with Crippen LogP contribution in [0, 0.1) is 0 Å². The van der Waals surface area contributed by atoms with Crippen molar-refractivity contribution in [1.29, 1.82) is 0 Å². The number of benzene rings is 5. The van der Waals surface area contributed by atoms with E-state index in [4.69, 9.17) is 0 Å². The van der Waals surface area contributed by atoms with Gasteiger partial charge in [-0.15, -0.1) is 0 Å². The standard InChI is InChI=1S/C18H14.C14H14/c1-3-8-15(9-4-1)17-12-7-13-18(14-17)16-10-5-2-6-11-16;1-3-7-13(8-4-1)11-12-14-9-5-2-6-10-14/h1-14H;1-10H,11-12H2. The Morgan fingerprint density at radius 2 is 0.594 bits per heavy atom. The minimum atomic E-state index is 1.13. The second-order valence-corrected chi connectivity index (χ2v) is 7.78. The molecule has 0 amide bonds. The normalized spacial score (nSPS) is 10.1. The van der Waals surface area contributed by atoms with Crippen LogP contribution in [0.25, 0.3) is 22.3 Å². The monoisotopic (exact) mass is 412 g/mol. The molecule has 0 radical (unpaired) electrons. The molecule has 0 aliphatic carbocycles. The van der Waals surface area contributed by atoms with Gasteiger partial charge < -0.3 is 0 Å². The van der Waals surface area contributed by atoms with Gasteiger partial charge in [-0.25, -0.2) is 0 Å². The Balaban J connectivity index is 0.000000158. The first-order valence-corrected chi connectivity index (χ1v) is 11.2. The molecule has 0 unspecified atom stereocenters. The van der Waals surface area contributed by atoms with E-state index < -0.39 is 0 Å². The predicted molar refractivity (Wildman–Crippen MR) is 138 cm³/mol. The zero-order chi connectivity index (χ0) is 21.8. The molecule has 5 aromatic rings. The smallest absolute Gasteiger partial charge is 0.0178 e. The van der Waals surface area contributed by atoms with Crippen LogP contribution in [0.3, 0.4) is 0 Å². The molecule has 0 fully saturated rings. The Morgan fingerprint density at radius 3 is 0.969 bits per heavy atom. The summed E-state index contributed by atoms with van der Waals surface area (Å²) in [6, 6.07) is 50.9. The maximum Gasteiger partial charge on any atom is -0.0178 e. The summed E-state index contributed by atoms with van der Waals surface area (Å²) in [4.78, 5) is 0. The summed E-state index contributed by atoms with van der Waals surface area (Å²) >= 11 is 0. The molecule has 0 aliphatic heterocycles. The molecule has 0 heterocycles. The highest BCUT2D eigenvalue weighted by Gasteiger charge is 2.00. The molecule has 0 heteroatoms. The zero-order valence-electron chi connectivity index (χ0n) is 18.3. The van der Waals surface area contributed by atoms with E-state index >= 15 is 0 Å². The molecule has 0 N–H and O–H groups in total. The quantitative estimate of drug-likeness (QED) is 0.271. The highest BCUT2D eigenvalue weighted by atomic mass is 14.0. The van der Waals surface area contributed by atoms with Gasteiger partial charge in [-0.1, -0.05) is 140 Å². The molecule has 5 aromatic carbocycles. The van der Waals surface area contributed by atoms with Crippen molar-refractivity contribution in [1.82, 2.24) is 0 Å². The summed E-state index contributed by atoms with van der Waals surface area (Å²) in [5.41, 5.74) is 7.87. The van der Waals surface area contributed by atoms with Crippen LogP contribution in [0.2, 0.25) is 0 Å². The van der Waals surface area contributed by atoms with Crippen LogP contribution in [0.4, 0.5) is 0 Å². The predicted octanol–water partition coefficient (Wildman–Crippen LogP) is 8.49. The highest BCUT2D eigenvalue weighted by molar-refractivity contribution is 5.72. The maximum absolute atomic E-state index is 2.24. The molecule has 0 saturated carbocycles. The lowest BCUT2D eigenvalue weighted by Crippen LogP contribution is -1.89. The minimum Gasteiger partial charge on any atom is -0.0622 e. The third kappa shape index (κ3) is 6.30. The van der Waals surface area contributed by atoms with Crippen molar-refractivity contribution in [3.63, 3.8) is 0 Å². The van der Waals surface area contributed by atoms with Gasteiger partial charge in [0.1, 0.15) is 0 Å². The van der Waals surface area contributed by atoms with Crippen molar-refractivity contribution < 1.29 is 0 Å². The van der Waals surface area contributed by atoms with Gasteiger partial charge in [0.05, 0.1) is 0 Å². The number of hydrogen-bond donors (Lipinski definition) is 0. The average molecular weight is 413 g/mol. The summed E-state index contributed by atoms with van der Waals surface area (Å²) in [5, 5.41) is 0. The molecule has 0 spiro atoms. The summed E-state index contributed by atoms with van der Waals surface area (Å²) in [7, 11) is 0.